The average molecular weight is 199 g/mol. The molecule has 1 rings (SSSR count). The van der Waals surface area contributed by atoms with Crippen molar-refractivity contribution in [3.8, 4) is 0 Å². The lowest BCUT2D eigenvalue weighted by Crippen LogP contribution is -1.94. The van der Waals surface area contributed by atoms with Gasteiger partial charge in [0.25, 0.3) is 0 Å². The quantitative estimate of drug-likeness (QED) is 0.731. The predicted octanol–water partition coefficient (Wildman–Crippen LogP) is 1.94. The van der Waals surface area contributed by atoms with Crippen molar-refractivity contribution < 1.29 is 13.9 Å². The summed E-state index contributed by atoms with van der Waals surface area (Å²) < 4.78 is 25.8. The van der Waals surface area contributed by atoms with Crippen molar-refractivity contribution in [2.45, 2.75) is 6.42 Å². The summed E-state index contributed by atoms with van der Waals surface area (Å²) in [6, 6.07) is 1.96. The molecule has 0 saturated heterocycles. The molecule has 0 fully saturated rings. The number of hydrogen-bond donors (Lipinski definition) is 2. The Kier molecular flexibility index (Phi) is 3.59. The molecule has 0 spiro atoms. The van der Waals surface area contributed by atoms with E-state index in [1.165, 1.54) is 12.1 Å². The zero-order valence-corrected chi connectivity index (χ0v) is 7.50. The average Bonchev–Trinajstić information content (AvgIpc) is 2.14. The molecule has 0 aliphatic carbocycles. The Morgan fingerprint density at radius 3 is 2.64 bits per heavy atom. The van der Waals surface area contributed by atoms with Crippen molar-refractivity contribution in [3.63, 3.8) is 0 Å². The fourth-order valence-corrected chi connectivity index (χ4v) is 0.996. The molecule has 3 N–H and O–H groups in total. The first-order valence-corrected chi connectivity index (χ1v) is 4.17. The Morgan fingerprint density at radius 1 is 1.29 bits per heavy atom. The van der Waals surface area contributed by atoms with Gasteiger partial charge in [0.1, 0.15) is 11.6 Å². The van der Waals surface area contributed by atoms with Gasteiger partial charge < -0.3 is 10.8 Å². The van der Waals surface area contributed by atoms with Crippen LogP contribution in [0.4, 0.5) is 14.5 Å². The maximum Gasteiger partial charge on any atom is 0.149 e. The first kappa shape index (κ1) is 10.7. The Balaban J connectivity index is 2.92. The Labute approximate surface area is 80.7 Å². The normalized spacial score (nSPS) is 11.1. The summed E-state index contributed by atoms with van der Waals surface area (Å²) in [5, 5.41) is 8.48. The number of nitrogens with two attached hydrogens (primary N) is 1. The highest BCUT2D eigenvalue weighted by Gasteiger charge is 2.04. The van der Waals surface area contributed by atoms with E-state index < -0.39 is 11.6 Å². The Hall–Kier alpha value is -1.42. The molecule has 0 unspecified atom stereocenters. The maximum atomic E-state index is 13.0. The first-order chi connectivity index (χ1) is 6.65. The van der Waals surface area contributed by atoms with Gasteiger partial charge >= 0.3 is 0 Å². The maximum absolute atomic E-state index is 13.0. The number of benzene rings is 1. The SMILES string of the molecule is Nc1cc(C=CCCO)c(F)cc1F. The summed E-state index contributed by atoms with van der Waals surface area (Å²) in [7, 11) is 0. The molecule has 14 heavy (non-hydrogen) atoms. The van der Waals surface area contributed by atoms with Crippen LogP contribution in [0.3, 0.4) is 0 Å². The molecule has 0 aliphatic rings. The molecule has 2 nitrogen and oxygen atoms in total. The third kappa shape index (κ3) is 2.53. The van der Waals surface area contributed by atoms with Crippen LogP contribution in [0, 0.1) is 11.6 Å². The molecule has 0 bridgehead atoms. The van der Waals surface area contributed by atoms with Crippen LogP contribution in [-0.4, -0.2) is 11.7 Å². The number of aliphatic hydroxyl groups is 1. The summed E-state index contributed by atoms with van der Waals surface area (Å²) >= 11 is 0. The van der Waals surface area contributed by atoms with Crippen LogP contribution >= 0.6 is 0 Å². The topological polar surface area (TPSA) is 46.2 Å². The number of rotatable bonds is 3. The second-order valence-corrected chi connectivity index (χ2v) is 2.81. The van der Waals surface area contributed by atoms with Crippen molar-refractivity contribution in [3.05, 3.63) is 35.4 Å². The van der Waals surface area contributed by atoms with Crippen molar-refractivity contribution in [2.24, 2.45) is 0 Å². The van der Waals surface area contributed by atoms with Gasteiger partial charge in [0, 0.05) is 18.2 Å². The van der Waals surface area contributed by atoms with E-state index in [0.717, 1.165) is 6.07 Å². The minimum atomic E-state index is -0.762. The van der Waals surface area contributed by atoms with Crippen molar-refractivity contribution >= 4 is 11.8 Å². The minimum absolute atomic E-state index is 0.00516. The predicted molar refractivity (Wildman–Crippen MR) is 51.5 cm³/mol. The lowest BCUT2D eigenvalue weighted by atomic mass is 10.1. The van der Waals surface area contributed by atoms with Crippen LogP contribution in [0.15, 0.2) is 18.2 Å². The van der Waals surface area contributed by atoms with Gasteiger partial charge in [-0.15, -0.1) is 0 Å². The molecule has 1 aromatic rings. The Bertz CT molecular complexity index is 350. The summed E-state index contributed by atoms with van der Waals surface area (Å²) in [6.07, 6.45) is 3.48. The van der Waals surface area contributed by atoms with Crippen molar-refractivity contribution in [1.82, 2.24) is 0 Å². The van der Waals surface area contributed by atoms with E-state index in [4.69, 9.17) is 10.8 Å². The molecule has 0 aromatic heterocycles. The highest BCUT2D eigenvalue weighted by molar-refractivity contribution is 5.56. The summed E-state index contributed by atoms with van der Waals surface area (Å²) in [4.78, 5) is 0. The van der Waals surface area contributed by atoms with Gasteiger partial charge in [-0.3, -0.25) is 0 Å². The molecule has 4 heteroatoms. The second-order valence-electron chi connectivity index (χ2n) is 2.81. The number of halogens is 2. The van der Waals surface area contributed by atoms with Crippen LogP contribution in [0.5, 0.6) is 0 Å². The van der Waals surface area contributed by atoms with E-state index in [1.807, 2.05) is 0 Å². The van der Waals surface area contributed by atoms with Gasteiger partial charge in [-0.1, -0.05) is 12.2 Å². The van der Waals surface area contributed by atoms with Gasteiger partial charge in [-0.2, -0.15) is 0 Å². The molecule has 0 radical (unpaired) electrons. The molecule has 1 aromatic carbocycles. The lowest BCUT2D eigenvalue weighted by Gasteiger charge is -2.00. The fraction of sp³-hybridized carbons (Fsp3) is 0.200. The van der Waals surface area contributed by atoms with Gasteiger partial charge in [0.05, 0.1) is 5.69 Å². The molecular formula is C10H11F2NO. The standard InChI is InChI=1S/C10H11F2NO/c11-8-6-9(12)10(13)5-7(8)3-1-2-4-14/h1,3,5-6,14H,2,4,13H2. The number of anilines is 1. The lowest BCUT2D eigenvalue weighted by molar-refractivity contribution is 0.303. The van der Waals surface area contributed by atoms with Crippen LogP contribution in [0.2, 0.25) is 0 Å². The minimum Gasteiger partial charge on any atom is -0.396 e. The number of nitrogen functional groups attached to an aromatic ring is 1. The molecule has 0 heterocycles. The summed E-state index contributed by atoms with van der Waals surface area (Å²) in [6.45, 7) is -0.00516. The third-order valence-corrected chi connectivity index (χ3v) is 1.71. The van der Waals surface area contributed by atoms with Gasteiger partial charge in [0.2, 0.25) is 0 Å². The van der Waals surface area contributed by atoms with E-state index in [2.05, 4.69) is 0 Å². The Morgan fingerprint density at radius 2 is 2.00 bits per heavy atom. The number of hydrogen-bond acceptors (Lipinski definition) is 2. The smallest absolute Gasteiger partial charge is 0.149 e. The third-order valence-electron chi connectivity index (χ3n) is 1.71. The van der Waals surface area contributed by atoms with Crippen molar-refractivity contribution in [2.75, 3.05) is 12.3 Å². The molecule has 0 amide bonds. The van der Waals surface area contributed by atoms with Crippen LogP contribution < -0.4 is 5.73 Å². The second kappa shape index (κ2) is 4.72. The zero-order chi connectivity index (χ0) is 10.6. The van der Waals surface area contributed by atoms with E-state index >= 15 is 0 Å². The van der Waals surface area contributed by atoms with Gasteiger partial charge in [-0.25, -0.2) is 8.78 Å². The highest BCUT2D eigenvalue weighted by Crippen LogP contribution is 2.17. The monoisotopic (exact) mass is 199 g/mol. The molecule has 76 valence electrons. The summed E-state index contributed by atoms with van der Waals surface area (Å²) in [5.41, 5.74) is 5.40. The fourth-order valence-electron chi connectivity index (χ4n) is 0.996. The van der Waals surface area contributed by atoms with E-state index in [-0.39, 0.29) is 17.9 Å². The van der Waals surface area contributed by atoms with Crippen LogP contribution in [0.1, 0.15) is 12.0 Å². The molecule has 0 saturated carbocycles. The summed E-state index contributed by atoms with van der Waals surface area (Å²) in [5.74, 6) is -1.42. The molecular weight excluding hydrogens is 188 g/mol. The van der Waals surface area contributed by atoms with Crippen LogP contribution in [0.25, 0.3) is 6.08 Å². The molecule has 0 atom stereocenters. The zero-order valence-electron chi connectivity index (χ0n) is 7.50. The van der Waals surface area contributed by atoms with E-state index in [9.17, 15) is 8.78 Å². The number of aliphatic hydroxyl groups excluding tert-OH is 1. The largest absolute Gasteiger partial charge is 0.396 e. The van der Waals surface area contributed by atoms with E-state index in [0.29, 0.717) is 6.42 Å². The van der Waals surface area contributed by atoms with E-state index in [1.54, 1.807) is 6.08 Å². The molecule has 0 aliphatic heterocycles. The van der Waals surface area contributed by atoms with Crippen LogP contribution in [-0.2, 0) is 0 Å². The van der Waals surface area contributed by atoms with Crippen molar-refractivity contribution in [1.29, 1.82) is 0 Å². The van der Waals surface area contributed by atoms with Gasteiger partial charge in [0.15, 0.2) is 0 Å². The van der Waals surface area contributed by atoms with Gasteiger partial charge in [-0.05, 0) is 12.5 Å². The highest BCUT2D eigenvalue weighted by atomic mass is 19.1. The first-order valence-electron chi connectivity index (χ1n) is 4.17.